The molecule has 0 aliphatic heterocycles. The topological polar surface area (TPSA) is 51.5 Å². The summed E-state index contributed by atoms with van der Waals surface area (Å²) in [7, 11) is 1.79. The largest absolute Gasteiger partial charge is 0.487 e. The third-order valence-electron chi connectivity index (χ3n) is 3.57. The molecule has 3 rings (SSSR count). The summed E-state index contributed by atoms with van der Waals surface area (Å²) in [4.78, 5) is 11.3. The Labute approximate surface area is 126 Å². The van der Waals surface area contributed by atoms with E-state index in [-0.39, 0.29) is 18.0 Å². The Morgan fingerprint density at radius 1 is 1.23 bits per heavy atom. The number of rotatable bonds is 4. The lowest BCUT2D eigenvalue weighted by molar-refractivity contribution is 0.0698. The summed E-state index contributed by atoms with van der Waals surface area (Å²) in [5.41, 5.74) is 1.71. The minimum absolute atomic E-state index is 0.230. The van der Waals surface area contributed by atoms with Gasteiger partial charge in [0.2, 0.25) is 0 Å². The van der Waals surface area contributed by atoms with Gasteiger partial charge in [-0.3, -0.25) is 0 Å². The standard InChI is InChI=1S/C17H14FNO3/c1-19-13(10-22-14-6-3-5-12(18)9-14)8-11-4-2-7-15(16(11)19)17(20)21/h2-9H,10H2,1H3,(H,20,21). The van der Waals surface area contributed by atoms with Crippen molar-refractivity contribution >= 4 is 16.9 Å². The van der Waals surface area contributed by atoms with Crippen LogP contribution in [0.2, 0.25) is 0 Å². The Bertz CT molecular complexity index is 854. The van der Waals surface area contributed by atoms with Crippen molar-refractivity contribution in [1.29, 1.82) is 0 Å². The molecule has 0 aliphatic carbocycles. The number of nitrogens with zero attached hydrogens (tertiary/aromatic N) is 1. The molecule has 0 bridgehead atoms. The van der Waals surface area contributed by atoms with Crippen molar-refractivity contribution in [1.82, 2.24) is 4.57 Å². The molecule has 0 saturated heterocycles. The number of carboxylic acid groups (broad SMARTS) is 1. The minimum atomic E-state index is -0.968. The summed E-state index contributed by atoms with van der Waals surface area (Å²) in [6, 6.07) is 12.9. The molecule has 0 spiro atoms. The zero-order chi connectivity index (χ0) is 15.7. The molecule has 0 unspecified atom stereocenters. The number of carbonyl (C=O) groups is 1. The van der Waals surface area contributed by atoms with Gasteiger partial charge in [0, 0.05) is 18.5 Å². The molecular formula is C17H14FNO3. The number of fused-ring (bicyclic) bond motifs is 1. The van der Waals surface area contributed by atoms with Crippen LogP contribution < -0.4 is 4.74 Å². The van der Waals surface area contributed by atoms with Crippen LogP contribution in [0.15, 0.2) is 48.5 Å². The van der Waals surface area contributed by atoms with E-state index in [1.807, 2.05) is 12.1 Å². The number of hydrogen-bond acceptors (Lipinski definition) is 2. The third kappa shape index (κ3) is 2.53. The molecule has 0 radical (unpaired) electrons. The maximum absolute atomic E-state index is 13.1. The summed E-state index contributed by atoms with van der Waals surface area (Å²) in [6.45, 7) is 0.230. The van der Waals surface area contributed by atoms with E-state index in [4.69, 9.17) is 4.74 Å². The van der Waals surface area contributed by atoms with Gasteiger partial charge in [-0.1, -0.05) is 18.2 Å². The Kier molecular flexibility index (Phi) is 3.55. The molecule has 22 heavy (non-hydrogen) atoms. The number of aromatic nitrogens is 1. The van der Waals surface area contributed by atoms with E-state index >= 15 is 0 Å². The number of halogens is 1. The van der Waals surface area contributed by atoms with Gasteiger partial charge in [0.05, 0.1) is 16.8 Å². The predicted molar refractivity (Wildman–Crippen MR) is 80.6 cm³/mol. The molecule has 0 saturated carbocycles. The van der Waals surface area contributed by atoms with E-state index in [1.54, 1.807) is 35.9 Å². The average Bonchev–Trinajstić information content (AvgIpc) is 2.82. The van der Waals surface area contributed by atoms with Gasteiger partial charge in [-0.05, 0) is 24.3 Å². The lowest BCUT2D eigenvalue weighted by Crippen LogP contribution is -2.05. The maximum Gasteiger partial charge on any atom is 0.337 e. The molecule has 112 valence electrons. The van der Waals surface area contributed by atoms with E-state index in [9.17, 15) is 14.3 Å². The van der Waals surface area contributed by atoms with Crippen LogP contribution in [0, 0.1) is 5.82 Å². The highest BCUT2D eigenvalue weighted by Gasteiger charge is 2.14. The second-order valence-corrected chi connectivity index (χ2v) is 4.99. The van der Waals surface area contributed by atoms with Crippen LogP contribution in [-0.2, 0) is 13.7 Å². The summed E-state index contributed by atoms with van der Waals surface area (Å²) in [6.07, 6.45) is 0. The predicted octanol–water partition coefficient (Wildman–Crippen LogP) is 3.59. The molecule has 4 nitrogen and oxygen atoms in total. The van der Waals surface area contributed by atoms with Crippen LogP contribution >= 0.6 is 0 Å². The molecule has 5 heteroatoms. The summed E-state index contributed by atoms with van der Waals surface area (Å²) in [5, 5.41) is 10.1. The molecule has 0 aliphatic rings. The number of para-hydroxylation sites is 1. The van der Waals surface area contributed by atoms with Crippen molar-refractivity contribution in [3.8, 4) is 5.75 Å². The van der Waals surface area contributed by atoms with Crippen LogP contribution in [-0.4, -0.2) is 15.6 Å². The Balaban J connectivity index is 1.93. The molecule has 0 atom stereocenters. The van der Waals surface area contributed by atoms with Crippen LogP contribution in [0.25, 0.3) is 10.9 Å². The van der Waals surface area contributed by atoms with Crippen LogP contribution in [0.5, 0.6) is 5.75 Å². The second-order valence-electron chi connectivity index (χ2n) is 4.99. The van der Waals surface area contributed by atoms with E-state index in [2.05, 4.69) is 0 Å². The van der Waals surface area contributed by atoms with Gasteiger partial charge in [-0.2, -0.15) is 0 Å². The molecule has 1 aromatic heterocycles. The smallest absolute Gasteiger partial charge is 0.337 e. The van der Waals surface area contributed by atoms with Crippen molar-refractivity contribution in [3.63, 3.8) is 0 Å². The Morgan fingerprint density at radius 2 is 2.00 bits per heavy atom. The zero-order valence-corrected chi connectivity index (χ0v) is 11.9. The van der Waals surface area contributed by atoms with E-state index < -0.39 is 5.97 Å². The summed E-state index contributed by atoms with van der Waals surface area (Å²) >= 11 is 0. The van der Waals surface area contributed by atoms with Gasteiger partial charge in [0.1, 0.15) is 18.2 Å². The quantitative estimate of drug-likeness (QED) is 0.801. The van der Waals surface area contributed by atoms with E-state index in [1.165, 1.54) is 12.1 Å². The highest BCUT2D eigenvalue weighted by Crippen LogP contribution is 2.24. The molecule has 1 N–H and O–H groups in total. The van der Waals surface area contributed by atoms with Crippen LogP contribution in [0.1, 0.15) is 16.1 Å². The fraction of sp³-hybridized carbons (Fsp3) is 0.118. The van der Waals surface area contributed by atoms with Crippen molar-refractivity contribution < 1.29 is 19.0 Å². The van der Waals surface area contributed by atoms with Crippen LogP contribution in [0.3, 0.4) is 0 Å². The first-order valence-electron chi connectivity index (χ1n) is 6.75. The second kappa shape index (κ2) is 5.52. The van der Waals surface area contributed by atoms with Crippen molar-refractivity contribution in [2.75, 3.05) is 0 Å². The zero-order valence-electron chi connectivity index (χ0n) is 11.9. The number of carboxylic acids is 1. The highest BCUT2D eigenvalue weighted by atomic mass is 19.1. The molecule has 2 aromatic carbocycles. The fourth-order valence-electron chi connectivity index (χ4n) is 2.50. The van der Waals surface area contributed by atoms with Crippen molar-refractivity contribution in [2.45, 2.75) is 6.61 Å². The number of hydrogen-bond donors (Lipinski definition) is 1. The van der Waals surface area contributed by atoms with Gasteiger partial charge < -0.3 is 14.4 Å². The number of aromatic carboxylic acids is 1. The number of aryl methyl sites for hydroxylation is 1. The first-order chi connectivity index (χ1) is 10.6. The lowest BCUT2D eigenvalue weighted by atomic mass is 10.1. The summed E-state index contributed by atoms with van der Waals surface area (Å²) < 4.78 is 20.5. The van der Waals surface area contributed by atoms with Gasteiger partial charge in [0.15, 0.2) is 0 Å². The Hall–Kier alpha value is -2.82. The van der Waals surface area contributed by atoms with Gasteiger partial charge in [-0.15, -0.1) is 0 Å². The maximum atomic E-state index is 13.1. The third-order valence-corrected chi connectivity index (χ3v) is 3.57. The molecule has 0 amide bonds. The monoisotopic (exact) mass is 299 g/mol. The molecule has 1 heterocycles. The average molecular weight is 299 g/mol. The van der Waals surface area contributed by atoms with Gasteiger partial charge in [0.25, 0.3) is 0 Å². The molecular weight excluding hydrogens is 285 g/mol. The fourth-order valence-corrected chi connectivity index (χ4v) is 2.50. The number of ether oxygens (including phenoxy) is 1. The molecule has 0 fully saturated rings. The normalized spacial score (nSPS) is 10.8. The van der Waals surface area contributed by atoms with Crippen LogP contribution in [0.4, 0.5) is 4.39 Å². The van der Waals surface area contributed by atoms with Crippen molar-refractivity contribution in [2.24, 2.45) is 7.05 Å². The van der Waals surface area contributed by atoms with Gasteiger partial charge >= 0.3 is 5.97 Å². The Morgan fingerprint density at radius 3 is 2.73 bits per heavy atom. The number of benzene rings is 2. The molecule has 3 aromatic rings. The first kappa shape index (κ1) is 14.1. The lowest BCUT2D eigenvalue weighted by Gasteiger charge is -2.08. The highest BCUT2D eigenvalue weighted by molar-refractivity contribution is 6.02. The minimum Gasteiger partial charge on any atom is -0.487 e. The SMILES string of the molecule is Cn1c(COc2cccc(F)c2)cc2cccc(C(=O)O)c21. The first-order valence-corrected chi connectivity index (χ1v) is 6.75. The van der Waals surface area contributed by atoms with Crippen molar-refractivity contribution in [3.05, 3.63) is 65.6 Å². The summed E-state index contributed by atoms with van der Waals surface area (Å²) in [5.74, 6) is -0.893. The van der Waals surface area contributed by atoms with E-state index in [0.29, 0.717) is 11.3 Å². The van der Waals surface area contributed by atoms with E-state index in [0.717, 1.165) is 11.1 Å². The van der Waals surface area contributed by atoms with Gasteiger partial charge in [-0.25, -0.2) is 9.18 Å².